The molecule has 0 radical (unpaired) electrons. The van der Waals surface area contributed by atoms with Crippen molar-refractivity contribution in [2.24, 2.45) is 5.92 Å². The van der Waals surface area contributed by atoms with Crippen molar-refractivity contribution in [3.05, 3.63) is 11.6 Å². The first-order valence-electron chi connectivity index (χ1n) is 6.45. The van der Waals surface area contributed by atoms with Crippen LogP contribution in [-0.4, -0.2) is 18.9 Å². The summed E-state index contributed by atoms with van der Waals surface area (Å²) in [5.74, 6) is -0.130. The van der Waals surface area contributed by atoms with Gasteiger partial charge in [0.2, 0.25) is 0 Å². The van der Waals surface area contributed by atoms with Crippen molar-refractivity contribution in [1.82, 2.24) is 0 Å². The van der Waals surface area contributed by atoms with E-state index in [1.54, 1.807) is 0 Å². The summed E-state index contributed by atoms with van der Waals surface area (Å²) in [7, 11) is 1.42. The van der Waals surface area contributed by atoms with Crippen molar-refractivity contribution in [2.75, 3.05) is 7.11 Å². The minimum Gasteiger partial charge on any atom is -0.469 e. The molecule has 0 heterocycles. The second kappa shape index (κ2) is 7.25. The summed E-state index contributed by atoms with van der Waals surface area (Å²) in [5.41, 5.74) is 0.794. The maximum Gasteiger partial charge on any atom is 0.308 e. The van der Waals surface area contributed by atoms with Crippen molar-refractivity contribution >= 4 is 11.8 Å². The Hall–Kier alpha value is -1.12. The molecule has 1 atom stereocenters. The first-order chi connectivity index (χ1) is 8.19. The summed E-state index contributed by atoms with van der Waals surface area (Å²) in [6.45, 7) is 1.87. The van der Waals surface area contributed by atoms with Gasteiger partial charge in [0.05, 0.1) is 13.0 Å². The summed E-state index contributed by atoms with van der Waals surface area (Å²) in [6.07, 6.45) is 8.04. The van der Waals surface area contributed by atoms with Crippen LogP contribution in [0.2, 0.25) is 0 Å². The zero-order valence-corrected chi connectivity index (χ0v) is 10.8. The minimum atomic E-state index is -0.183. The standard InChI is InChI=1S/C14H22O3/c1-3-11-10-12(14(16)17-2)8-6-4-5-7-9-13(11)15/h3,12H,4-10H2,1-2H3/b11-3-. The molecule has 0 bridgehead atoms. The topological polar surface area (TPSA) is 43.4 Å². The molecule has 96 valence electrons. The zero-order valence-electron chi connectivity index (χ0n) is 10.8. The lowest BCUT2D eigenvalue weighted by Crippen LogP contribution is -2.19. The van der Waals surface area contributed by atoms with Gasteiger partial charge in [-0.3, -0.25) is 9.59 Å². The number of carbonyl (C=O) groups is 2. The molecule has 0 saturated heterocycles. The smallest absolute Gasteiger partial charge is 0.308 e. The number of carbonyl (C=O) groups excluding carboxylic acids is 2. The number of ether oxygens (including phenoxy) is 1. The summed E-state index contributed by atoms with van der Waals surface area (Å²) in [5, 5.41) is 0. The lowest BCUT2D eigenvalue weighted by atomic mass is 9.88. The van der Waals surface area contributed by atoms with Crippen LogP contribution in [0.5, 0.6) is 0 Å². The highest BCUT2D eigenvalue weighted by Gasteiger charge is 2.23. The third-order valence-electron chi connectivity index (χ3n) is 3.41. The summed E-state index contributed by atoms with van der Waals surface area (Å²) in [4.78, 5) is 23.5. The van der Waals surface area contributed by atoms with Crippen LogP contribution < -0.4 is 0 Å². The average Bonchev–Trinajstić information content (AvgIpc) is 2.36. The van der Waals surface area contributed by atoms with Crippen LogP contribution in [0.4, 0.5) is 0 Å². The van der Waals surface area contributed by atoms with Gasteiger partial charge in [-0.25, -0.2) is 0 Å². The highest BCUT2D eigenvalue weighted by molar-refractivity contribution is 5.95. The second-order valence-corrected chi connectivity index (χ2v) is 4.61. The van der Waals surface area contributed by atoms with Crippen molar-refractivity contribution in [3.63, 3.8) is 0 Å². The van der Waals surface area contributed by atoms with Gasteiger partial charge in [-0.2, -0.15) is 0 Å². The molecular weight excluding hydrogens is 216 g/mol. The highest BCUT2D eigenvalue weighted by atomic mass is 16.5. The average molecular weight is 238 g/mol. The maximum atomic E-state index is 11.9. The molecular formula is C14H22O3. The van der Waals surface area contributed by atoms with Gasteiger partial charge in [-0.05, 0) is 31.8 Å². The van der Waals surface area contributed by atoms with Crippen molar-refractivity contribution in [3.8, 4) is 0 Å². The molecule has 0 aromatic carbocycles. The van der Waals surface area contributed by atoms with Crippen LogP contribution in [0.1, 0.15) is 51.9 Å². The van der Waals surface area contributed by atoms with Crippen LogP contribution in [0.15, 0.2) is 11.6 Å². The van der Waals surface area contributed by atoms with Gasteiger partial charge in [0.15, 0.2) is 5.78 Å². The lowest BCUT2D eigenvalue weighted by Gasteiger charge is -2.17. The van der Waals surface area contributed by atoms with E-state index in [1.807, 2.05) is 13.0 Å². The monoisotopic (exact) mass is 238 g/mol. The predicted molar refractivity (Wildman–Crippen MR) is 66.6 cm³/mol. The highest BCUT2D eigenvalue weighted by Crippen LogP contribution is 2.24. The van der Waals surface area contributed by atoms with Crippen molar-refractivity contribution in [1.29, 1.82) is 0 Å². The molecule has 1 unspecified atom stereocenters. The Morgan fingerprint density at radius 1 is 1.29 bits per heavy atom. The van der Waals surface area contributed by atoms with Crippen molar-refractivity contribution < 1.29 is 14.3 Å². The fraction of sp³-hybridized carbons (Fsp3) is 0.714. The largest absolute Gasteiger partial charge is 0.469 e. The maximum absolute atomic E-state index is 11.9. The number of allylic oxidation sites excluding steroid dienone is 2. The number of hydrogen-bond donors (Lipinski definition) is 0. The molecule has 0 N–H and O–H groups in total. The molecule has 0 amide bonds. The molecule has 3 heteroatoms. The van der Waals surface area contributed by atoms with E-state index < -0.39 is 0 Å². The summed E-state index contributed by atoms with van der Waals surface area (Å²) in [6, 6.07) is 0. The molecule has 1 fully saturated rings. The Labute approximate surface area is 103 Å². The molecule has 0 spiro atoms. The summed E-state index contributed by atoms with van der Waals surface area (Å²) < 4.78 is 4.81. The van der Waals surface area contributed by atoms with Gasteiger partial charge in [-0.1, -0.05) is 25.3 Å². The van der Waals surface area contributed by atoms with Crippen molar-refractivity contribution in [2.45, 2.75) is 51.9 Å². The zero-order chi connectivity index (χ0) is 12.7. The molecule has 3 nitrogen and oxygen atoms in total. The molecule has 0 aliphatic heterocycles. The SMILES string of the molecule is C/C=C1/CC(C(=O)OC)CCCCCCC1=O. The number of rotatable bonds is 1. The second-order valence-electron chi connectivity index (χ2n) is 4.61. The van der Waals surface area contributed by atoms with E-state index in [0.29, 0.717) is 12.8 Å². The molecule has 17 heavy (non-hydrogen) atoms. The van der Waals surface area contributed by atoms with Crippen LogP contribution in [0.3, 0.4) is 0 Å². The molecule has 1 aliphatic rings. The van der Waals surface area contributed by atoms with Gasteiger partial charge in [0, 0.05) is 6.42 Å². The molecule has 1 saturated carbocycles. The van der Waals surface area contributed by atoms with E-state index in [9.17, 15) is 9.59 Å². The van der Waals surface area contributed by atoms with E-state index in [-0.39, 0.29) is 17.7 Å². The number of ketones is 1. The molecule has 1 rings (SSSR count). The Bertz CT molecular complexity index is 305. The quantitative estimate of drug-likeness (QED) is 0.521. The van der Waals surface area contributed by atoms with E-state index >= 15 is 0 Å². The number of esters is 1. The van der Waals surface area contributed by atoms with Gasteiger partial charge >= 0.3 is 5.97 Å². The number of hydrogen-bond acceptors (Lipinski definition) is 3. The fourth-order valence-corrected chi connectivity index (χ4v) is 2.32. The van der Waals surface area contributed by atoms with E-state index in [0.717, 1.165) is 37.7 Å². The van der Waals surface area contributed by atoms with Gasteiger partial charge in [0.1, 0.15) is 0 Å². The van der Waals surface area contributed by atoms with E-state index in [2.05, 4.69) is 0 Å². The lowest BCUT2D eigenvalue weighted by molar-refractivity contribution is -0.145. The molecule has 1 aliphatic carbocycles. The van der Waals surface area contributed by atoms with Gasteiger partial charge < -0.3 is 4.74 Å². The minimum absolute atomic E-state index is 0.145. The third-order valence-corrected chi connectivity index (χ3v) is 3.41. The van der Waals surface area contributed by atoms with E-state index in [4.69, 9.17) is 4.74 Å². The summed E-state index contributed by atoms with van der Waals surface area (Å²) >= 11 is 0. The van der Waals surface area contributed by atoms with Crippen LogP contribution >= 0.6 is 0 Å². The third kappa shape index (κ3) is 4.33. The Balaban J connectivity index is 2.75. The van der Waals surface area contributed by atoms with Gasteiger partial charge in [-0.15, -0.1) is 0 Å². The molecule has 0 aromatic heterocycles. The van der Waals surface area contributed by atoms with E-state index in [1.165, 1.54) is 7.11 Å². The first kappa shape index (κ1) is 13.9. The normalized spacial score (nSPS) is 25.6. The number of Topliss-reactive ketones (excluding diaryl/α,β-unsaturated/α-hetero) is 1. The molecule has 0 aromatic rings. The number of methoxy groups -OCH3 is 1. The Kier molecular flexibility index (Phi) is 5.95. The fourth-order valence-electron chi connectivity index (χ4n) is 2.32. The Morgan fingerprint density at radius 2 is 2.00 bits per heavy atom. The van der Waals surface area contributed by atoms with Crippen LogP contribution in [0.25, 0.3) is 0 Å². The predicted octanol–water partition coefficient (Wildman–Crippen LogP) is 3.04. The van der Waals surface area contributed by atoms with Gasteiger partial charge in [0.25, 0.3) is 0 Å². The van der Waals surface area contributed by atoms with Crippen LogP contribution in [-0.2, 0) is 14.3 Å². The Morgan fingerprint density at radius 3 is 2.65 bits per heavy atom. The first-order valence-corrected chi connectivity index (χ1v) is 6.45. The van der Waals surface area contributed by atoms with Crippen LogP contribution in [0, 0.1) is 5.92 Å².